The summed E-state index contributed by atoms with van der Waals surface area (Å²) in [7, 11) is -3.58. The molecule has 0 spiro atoms. The predicted molar refractivity (Wildman–Crippen MR) is 79.7 cm³/mol. The Kier molecular flexibility index (Phi) is 3.84. The number of fused-ring (bicyclic) bond motifs is 1. The third-order valence-electron chi connectivity index (χ3n) is 4.33. The molecule has 22 heavy (non-hydrogen) atoms. The second-order valence-electron chi connectivity index (χ2n) is 6.09. The van der Waals surface area contributed by atoms with Gasteiger partial charge in [0.1, 0.15) is 5.82 Å². The number of hydrogen-bond donors (Lipinski definition) is 1. The molecule has 1 aromatic rings. The molecule has 7 heteroatoms. The maximum absolute atomic E-state index is 13.4. The summed E-state index contributed by atoms with van der Waals surface area (Å²) in [5.41, 5.74) is 0.850. The molecule has 1 aliphatic heterocycles. The maximum Gasteiger partial charge on any atom is 0.308 e. The average Bonchev–Trinajstić information content (AvgIpc) is 3.27. The lowest BCUT2D eigenvalue weighted by Crippen LogP contribution is -2.43. The fraction of sp³-hybridized carbons (Fsp3) is 0.533. The van der Waals surface area contributed by atoms with Crippen LogP contribution in [-0.4, -0.2) is 31.8 Å². The van der Waals surface area contributed by atoms with Crippen LogP contribution < -0.4 is 4.31 Å². The molecule has 120 valence electrons. The molecule has 0 radical (unpaired) electrons. The van der Waals surface area contributed by atoms with Crippen LogP contribution in [0.5, 0.6) is 0 Å². The molecule has 0 amide bonds. The van der Waals surface area contributed by atoms with E-state index < -0.39 is 27.7 Å². The first-order valence-corrected chi connectivity index (χ1v) is 8.99. The molecule has 1 saturated carbocycles. The number of benzene rings is 1. The summed E-state index contributed by atoms with van der Waals surface area (Å²) in [6.07, 6.45) is 2.88. The van der Waals surface area contributed by atoms with Gasteiger partial charge in [0.15, 0.2) is 0 Å². The highest BCUT2D eigenvalue weighted by atomic mass is 32.2. The Labute approximate surface area is 128 Å². The Hall–Kier alpha value is -1.63. The molecule has 0 saturated heterocycles. The minimum Gasteiger partial charge on any atom is -0.481 e. The van der Waals surface area contributed by atoms with Gasteiger partial charge in [0.05, 0.1) is 17.4 Å². The van der Waals surface area contributed by atoms with Crippen molar-refractivity contribution in [3.05, 3.63) is 29.6 Å². The monoisotopic (exact) mass is 327 g/mol. The van der Waals surface area contributed by atoms with Crippen LogP contribution in [-0.2, 0) is 21.2 Å². The molecule has 1 atom stereocenters. The summed E-state index contributed by atoms with van der Waals surface area (Å²) in [6.45, 7) is -0.0824. The number of carboxylic acids is 1. The molecule has 1 heterocycles. The molecular formula is C15H18FNO4S. The van der Waals surface area contributed by atoms with Crippen molar-refractivity contribution >= 4 is 21.7 Å². The largest absolute Gasteiger partial charge is 0.481 e. The van der Waals surface area contributed by atoms with E-state index in [1.54, 1.807) is 0 Å². The molecule has 1 N–H and O–H groups in total. The van der Waals surface area contributed by atoms with Crippen molar-refractivity contribution in [1.82, 2.24) is 0 Å². The highest BCUT2D eigenvalue weighted by Crippen LogP contribution is 2.36. The number of rotatable bonds is 5. The second kappa shape index (κ2) is 5.53. The zero-order chi connectivity index (χ0) is 15.9. The van der Waals surface area contributed by atoms with Crippen molar-refractivity contribution in [2.75, 3.05) is 16.6 Å². The van der Waals surface area contributed by atoms with Crippen LogP contribution in [0.4, 0.5) is 10.1 Å². The Morgan fingerprint density at radius 3 is 2.73 bits per heavy atom. The lowest BCUT2D eigenvalue weighted by atomic mass is 9.94. The van der Waals surface area contributed by atoms with Crippen LogP contribution in [0.3, 0.4) is 0 Å². The van der Waals surface area contributed by atoms with E-state index in [0.29, 0.717) is 23.6 Å². The maximum atomic E-state index is 13.4. The van der Waals surface area contributed by atoms with E-state index in [1.165, 1.54) is 18.2 Å². The van der Waals surface area contributed by atoms with E-state index in [0.717, 1.165) is 17.1 Å². The number of anilines is 1. The zero-order valence-corrected chi connectivity index (χ0v) is 12.9. The molecule has 1 aliphatic carbocycles. The average molecular weight is 327 g/mol. The number of nitrogens with zero attached hydrogens (tertiary/aromatic N) is 1. The molecule has 2 aliphatic rings. The standard InChI is InChI=1S/C15H18FNO4S/c16-13-3-4-14-11(8-13)7-12(15(18)19)9-17(14)22(20,21)6-5-10-1-2-10/h3-4,8,10,12H,1-2,5-7,9H2,(H,18,19). The van der Waals surface area contributed by atoms with Crippen LogP contribution >= 0.6 is 0 Å². The molecule has 1 fully saturated rings. The van der Waals surface area contributed by atoms with Gasteiger partial charge in [-0.2, -0.15) is 0 Å². The smallest absolute Gasteiger partial charge is 0.308 e. The third kappa shape index (κ3) is 3.09. The van der Waals surface area contributed by atoms with Gasteiger partial charge in [-0.25, -0.2) is 12.8 Å². The summed E-state index contributed by atoms with van der Waals surface area (Å²) in [6, 6.07) is 3.87. The number of carboxylic acid groups (broad SMARTS) is 1. The van der Waals surface area contributed by atoms with Crippen LogP contribution in [0.1, 0.15) is 24.8 Å². The summed E-state index contributed by atoms with van der Waals surface area (Å²) in [5.74, 6) is -1.90. The van der Waals surface area contributed by atoms with E-state index in [4.69, 9.17) is 0 Å². The van der Waals surface area contributed by atoms with Gasteiger partial charge in [0.2, 0.25) is 10.0 Å². The fourth-order valence-corrected chi connectivity index (χ4v) is 4.59. The fourth-order valence-electron chi connectivity index (χ4n) is 2.85. The van der Waals surface area contributed by atoms with Gasteiger partial charge in [-0.3, -0.25) is 9.10 Å². The van der Waals surface area contributed by atoms with Crippen LogP contribution in [0.25, 0.3) is 0 Å². The first-order chi connectivity index (χ1) is 10.4. The van der Waals surface area contributed by atoms with Crippen LogP contribution in [0.15, 0.2) is 18.2 Å². The Bertz CT molecular complexity index is 699. The van der Waals surface area contributed by atoms with E-state index in [-0.39, 0.29) is 18.7 Å². The lowest BCUT2D eigenvalue weighted by molar-refractivity contribution is -0.141. The number of hydrogen-bond acceptors (Lipinski definition) is 3. The Morgan fingerprint density at radius 2 is 2.09 bits per heavy atom. The van der Waals surface area contributed by atoms with Crippen molar-refractivity contribution < 1.29 is 22.7 Å². The predicted octanol–water partition coefficient (Wildman–Crippen LogP) is 2.02. The minimum atomic E-state index is -3.58. The topological polar surface area (TPSA) is 74.7 Å². The summed E-state index contributed by atoms with van der Waals surface area (Å²) < 4.78 is 39.7. The van der Waals surface area contributed by atoms with Gasteiger partial charge in [0.25, 0.3) is 0 Å². The first-order valence-electron chi connectivity index (χ1n) is 7.38. The molecule has 0 bridgehead atoms. The van der Waals surface area contributed by atoms with E-state index >= 15 is 0 Å². The van der Waals surface area contributed by atoms with Crippen molar-refractivity contribution in [3.63, 3.8) is 0 Å². The third-order valence-corrected chi connectivity index (χ3v) is 6.10. The molecular weight excluding hydrogens is 309 g/mol. The van der Waals surface area contributed by atoms with Crippen molar-refractivity contribution in [2.45, 2.75) is 25.7 Å². The summed E-state index contributed by atoms with van der Waals surface area (Å²) in [4.78, 5) is 11.3. The molecule has 3 rings (SSSR count). The van der Waals surface area contributed by atoms with Gasteiger partial charge >= 0.3 is 5.97 Å². The molecule has 0 aromatic heterocycles. The van der Waals surface area contributed by atoms with Gasteiger partial charge in [0, 0.05) is 6.54 Å². The van der Waals surface area contributed by atoms with Gasteiger partial charge < -0.3 is 5.11 Å². The highest BCUT2D eigenvalue weighted by molar-refractivity contribution is 7.92. The lowest BCUT2D eigenvalue weighted by Gasteiger charge is -2.33. The zero-order valence-electron chi connectivity index (χ0n) is 12.0. The van der Waals surface area contributed by atoms with Crippen LogP contribution in [0, 0.1) is 17.7 Å². The molecule has 1 unspecified atom stereocenters. The van der Waals surface area contributed by atoms with Crippen LogP contribution in [0.2, 0.25) is 0 Å². The summed E-state index contributed by atoms with van der Waals surface area (Å²) in [5, 5.41) is 9.23. The van der Waals surface area contributed by atoms with E-state index in [1.807, 2.05) is 0 Å². The number of sulfonamides is 1. The second-order valence-corrected chi connectivity index (χ2v) is 8.10. The normalized spacial score (nSPS) is 21.5. The minimum absolute atomic E-state index is 0.0147. The van der Waals surface area contributed by atoms with Gasteiger partial charge in [-0.15, -0.1) is 0 Å². The number of aliphatic carboxylic acids is 1. The highest BCUT2D eigenvalue weighted by Gasteiger charge is 2.36. The van der Waals surface area contributed by atoms with E-state index in [9.17, 15) is 22.7 Å². The van der Waals surface area contributed by atoms with Crippen molar-refractivity contribution in [1.29, 1.82) is 0 Å². The van der Waals surface area contributed by atoms with Gasteiger partial charge in [-0.05, 0) is 42.5 Å². The Morgan fingerprint density at radius 1 is 1.36 bits per heavy atom. The first kappa shape index (κ1) is 15.3. The SMILES string of the molecule is O=C(O)C1Cc2cc(F)ccc2N(S(=O)(=O)CCC2CC2)C1. The molecule has 1 aromatic carbocycles. The quantitative estimate of drug-likeness (QED) is 0.898. The van der Waals surface area contributed by atoms with Crippen molar-refractivity contribution in [2.24, 2.45) is 11.8 Å². The van der Waals surface area contributed by atoms with Gasteiger partial charge in [-0.1, -0.05) is 12.8 Å². The van der Waals surface area contributed by atoms with Crippen molar-refractivity contribution in [3.8, 4) is 0 Å². The summed E-state index contributed by atoms with van der Waals surface area (Å²) >= 11 is 0. The number of halogens is 1. The molecule has 5 nitrogen and oxygen atoms in total. The van der Waals surface area contributed by atoms with E-state index in [2.05, 4.69) is 0 Å². The Balaban J connectivity index is 1.92. The number of carbonyl (C=O) groups is 1.